The van der Waals surface area contributed by atoms with Crippen LogP contribution < -0.4 is 5.32 Å². The van der Waals surface area contributed by atoms with Crippen molar-refractivity contribution in [2.75, 3.05) is 7.05 Å². The van der Waals surface area contributed by atoms with Crippen LogP contribution in [0.15, 0.2) is 40.9 Å². The molecule has 1 nitrogen and oxygen atoms in total. The number of hydrogen-bond donors (Lipinski definition) is 1. The minimum Gasteiger partial charge on any atom is -0.309 e. The normalized spacial score (nSPS) is 15.6. The third-order valence-electron chi connectivity index (χ3n) is 4.27. The van der Waals surface area contributed by atoms with Gasteiger partial charge < -0.3 is 5.32 Å². The first-order chi connectivity index (χ1) is 10.2. The van der Waals surface area contributed by atoms with Gasteiger partial charge in [-0.2, -0.15) is 0 Å². The van der Waals surface area contributed by atoms with E-state index in [2.05, 4.69) is 39.4 Å². The molecule has 1 unspecified atom stereocenters. The fourth-order valence-electron chi connectivity index (χ4n) is 3.15. The highest BCUT2D eigenvalue weighted by Gasteiger charge is 2.16. The van der Waals surface area contributed by atoms with Crippen molar-refractivity contribution in [1.29, 1.82) is 0 Å². The molecule has 0 fully saturated rings. The summed E-state index contributed by atoms with van der Waals surface area (Å²) in [6.07, 6.45) is 4.95. The van der Waals surface area contributed by atoms with Crippen LogP contribution in [0, 0.1) is 5.82 Å². The van der Waals surface area contributed by atoms with Crippen molar-refractivity contribution in [2.45, 2.75) is 31.7 Å². The Bertz CT molecular complexity index is 654. The molecule has 1 aliphatic rings. The quantitative estimate of drug-likeness (QED) is 0.842. The molecule has 21 heavy (non-hydrogen) atoms. The number of hydrogen-bond acceptors (Lipinski definition) is 1. The number of nitrogens with one attached hydrogen (secondary N) is 1. The van der Waals surface area contributed by atoms with Crippen LogP contribution in [0.5, 0.6) is 0 Å². The monoisotopic (exact) mass is 347 g/mol. The van der Waals surface area contributed by atoms with Gasteiger partial charge in [-0.05, 0) is 83.0 Å². The minimum absolute atomic E-state index is 0.0918. The molecule has 0 amide bonds. The zero-order valence-electron chi connectivity index (χ0n) is 12.1. The Balaban J connectivity index is 1.97. The average molecular weight is 348 g/mol. The Labute approximate surface area is 133 Å². The number of halogens is 2. The first kappa shape index (κ1) is 14.7. The van der Waals surface area contributed by atoms with Gasteiger partial charge in [0.2, 0.25) is 0 Å². The molecule has 2 aromatic carbocycles. The molecule has 0 spiro atoms. The van der Waals surface area contributed by atoms with E-state index in [0.29, 0.717) is 4.47 Å². The third-order valence-corrected chi connectivity index (χ3v) is 4.88. The van der Waals surface area contributed by atoms with Crippen LogP contribution in [0.4, 0.5) is 4.39 Å². The molecule has 0 aliphatic heterocycles. The van der Waals surface area contributed by atoms with E-state index in [9.17, 15) is 4.39 Å². The molecule has 0 radical (unpaired) electrons. The molecule has 0 heterocycles. The van der Waals surface area contributed by atoms with Crippen LogP contribution in [0.3, 0.4) is 0 Å². The van der Waals surface area contributed by atoms with E-state index in [1.807, 2.05) is 19.2 Å². The molecular weight excluding hydrogens is 329 g/mol. The van der Waals surface area contributed by atoms with Crippen molar-refractivity contribution in [2.24, 2.45) is 0 Å². The van der Waals surface area contributed by atoms with Gasteiger partial charge in [-0.25, -0.2) is 4.39 Å². The van der Waals surface area contributed by atoms with Gasteiger partial charge in [0.05, 0.1) is 10.5 Å². The maximum absolute atomic E-state index is 13.4. The smallest absolute Gasteiger partial charge is 0.137 e. The second-order valence-electron chi connectivity index (χ2n) is 5.63. The number of aryl methyl sites for hydroxylation is 2. The molecule has 0 aromatic heterocycles. The summed E-state index contributed by atoms with van der Waals surface area (Å²) >= 11 is 3.27. The van der Waals surface area contributed by atoms with Crippen molar-refractivity contribution in [3.63, 3.8) is 0 Å². The average Bonchev–Trinajstić information content (AvgIpc) is 2.51. The van der Waals surface area contributed by atoms with Gasteiger partial charge in [-0.3, -0.25) is 0 Å². The van der Waals surface area contributed by atoms with Gasteiger partial charge in [0.1, 0.15) is 5.82 Å². The maximum Gasteiger partial charge on any atom is 0.137 e. The molecule has 1 N–H and O–H groups in total. The molecule has 1 aliphatic carbocycles. The third kappa shape index (κ3) is 3.04. The zero-order chi connectivity index (χ0) is 14.8. The van der Waals surface area contributed by atoms with Crippen LogP contribution in [-0.4, -0.2) is 7.05 Å². The Morgan fingerprint density at radius 1 is 1.00 bits per heavy atom. The maximum atomic E-state index is 13.4. The number of benzene rings is 2. The van der Waals surface area contributed by atoms with Gasteiger partial charge in [-0.1, -0.05) is 24.3 Å². The Morgan fingerprint density at radius 2 is 1.67 bits per heavy atom. The van der Waals surface area contributed by atoms with E-state index < -0.39 is 0 Å². The van der Waals surface area contributed by atoms with Crippen LogP contribution in [0.1, 0.15) is 41.1 Å². The molecule has 3 rings (SSSR count). The fourth-order valence-corrected chi connectivity index (χ4v) is 3.55. The van der Waals surface area contributed by atoms with Gasteiger partial charge in [-0.15, -0.1) is 0 Å². The van der Waals surface area contributed by atoms with Gasteiger partial charge in [0.15, 0.2) is 0 Å². The fraction of sp³-hybridized carbons (Fsp3) is 0.333. The van der Waals surface area contributed by atoms with E-state index in [1.165, 1.54) is 48.4 Å². The molecule has 1 atom stereocenters. The van der Waals surface area contributed by atoms with Crippen molar-refractivity contribution in [3.8, 4) is 0 Å². The van der Waals surface area contributed by atoms with Gasteiger partial charge >= 0.3 is 0 Å². The summed E-state index contributed by atoms with van der Waals surface area (Å²) in [7, 11) is 1.95. The number of fused-ring (bicyclic) bond motifs is 1. The molecule has 3 heteroatoms. The van der Waals surface area contributed by atoms with Crippen molar-refractivity contribution >= 4 is 15.9 Å². The lowest BCUT2D eigenvalue weighted by molar-refractivity contribution is 0.616. The first-order valence-electron chi connectivity index (χ1n) is 7.43. The summed E-state index contributed by atoms with van der Waals surface area (Å²) in [5.74, 6) is -0.223. The summed E-state index contributed by atoms with van der Waals surface area (Å²) < 4.78 is 13.9. The first-order valence-corrected chi connectivity index (χ1v) is 8.22. The summed E-state index contributed by atoms with van der Waals surface area (Å²) in [6.45, 7) is 0. The van der Waals surface area contributed by atoms with E-state index in [0.717, 1.165) is 5.56 Å². The SMILES string of the molecule is CNC(c1ccc(F)c(Br)c1)c1ccc2c(c1)CCCC2. The molecule has 0 saturated carbocycles. The number of rotatable bonds is 3. The van der Waals surface area contributed by atoms with E-state index in [-0.39, 0.29) is 11.9 Å². The van der Waals surface area contributed by atoms with E-state index >= 15 is 0 Å². The Morgan fingerprint density at radius 3 is 2.38 bits per heavy atom. The molecule has 2 aromatic rings. The molecule has 110 valence electrons. The molecule has 0 bridgehead atoms. The van der Waals surface area contributed by atoms with Crippen LogP contribution in [0.25, 0.3) is 0 Å². The molecular formula is C18H19BrFN. The summed E-state index contributed by atoms with van der Waals surface area (Å²) in [5.41, 5.74) is 5.28. The Kier molecular flexibility index (Phi) is 4.41. The zero-order valence-corrected chi connectivity index (χ0v) is 13.7. The van der Waals surface area contributed by atoms with Gasteiger partial charge in [0.25, 0.3) is 0 Å². The highest BCUT2D eigenvalue weighted by Crippen LogP contribution is 2.29. The van der Waals surface area contributed by atoms with Crippen LogP contribution in [-0.2, 0) is 12.8 Å². The van der Waals surface area contributed by atoms with Gasteiger partial charge in [0, 0.05) is 0 Å². The predicted octanol–water partition coefficient (Wildman–Crippen LogP) is 4.78. The summed E-state index contributed by atoms with van der Waals surface area (Å²) in [6, 6.07) is 12.1. The van der Waals surface area contributed by atoms with Crippen molar-refractivity contribution in [3.05, 3.63) is 68.9 Å². The largest absolute Gasteiger partial charge is 0.309 e. The highest BCUT2D eigenvalue weighted by atomic mass is 79.9. The predicted molar refractivity (Wildman–Crippen MR) is 88.1 cm³/mol. The summed E-state index contributed by atoms with van der Waals surface area (Å²) in [4.78, 5) is 0. The highest BCUT2D eigenvalue weighted by molar-refractivity contribution is 9.10. The van der Waals surface area contributed by atoms with Crippen LogP contribution in [0.2, 0.25) is 0 Å². The standard InChI is InChI=1S/C18H19BrFN/c1-21-18(15-8-9-17(20)16(19)11-15)14-7-6-12-4-2-3-5-13(12)10-14/h6-11,18,21H,2-5H2,1H3. The topological polar surface area (TPSA) is 12.0 Å². The van der Waals surface area contributed by atoms with Crippen LogP contribution >= 0.6 is 15.9 Å². The van der Waals surface area contributed by atoms with Crippen molar-refractivity contribution < 1.29 is 4.39 Å². The second-order valence-corrected chi connectivity index (χ2v) is 6.48. The van der Waals surface area contributed by atoms with Crippen molar-refractivity contribution in [1.82, 2.24) is 5.32 Å². The lowest BCUT2D eigenvalue weighted by atomic mass is 9.88. The summed E-state index contributed by atoms with van der Waals surface area (Å²) in [5, 5.41) is 3.34. The van der Waals surface area contributed by atoms with E-state index in [4.69, 9.17) is 0 Å². The second kappa shape index (κ2) is 6.29. The lowest BCUT2D eigenvalue weighted by Crippen LogP contribution is -2.18. The van der Waals surface area contributed by atoms with E-state index in [1.54, 1.807) is 0 Å². The lowest BCUT2D eigenvalue weighted by Gasteiger charge is -2.22. The minimum atomic E-state index is -0.223. The Hall–Kier alpha value is -1.19. The molecule has 0 saturated heterocycles.